The Kier molecular flexibility index (Phi) is 2.12. The van der Waals surface area contributed by atoms with Gasteiger partial charge in [-0.2, -0.15) is 0 Å². The van der Waals surface area contributed by atoms with Gasteiger partial charge in [-0.1, -0.05) is 0 Å². The predicted molar refractivity (Wildman–Crippen MR) is 64.5 cm³/mol. The lowest BCUT2D eigenvalue weighted by molar-refractivity contribution is 0.0977. The van der Waals surface area contributed by atoms with Crippen molar-refractivity contribution in [3.63, 3.8) is 0 Å². The van der Waals surface area contributed by atoms with Crippen LogP contribution in [0.25, 0.3) is 0 Å². The average Bonchev–Trinajstić information content (AvgIpc) is 2.61. The van der Waals surface area contributed by atoms with E-state index in [1.54, 1.807) is 6.92 Å². The van der Waals surface area contributed by atoms with Crippen molar-refractivity contribution in [2.24, 2.45) is 0 Å². The van der Waals surface area contributed by atoms with Crippen molar-refractivity contribution >= 4 is 11.6 Å². The molecule has 3 rings (SSSR count). The molecule has 3 heteroatoms. The number of rotatable bonds is 0. The Bertz CT molecular complexity index is 576. The molecule has 1 aliphatic carbocycles. The van der Waals surface area contributed by atoms with Gasteiger partial charge < -0.3 is 4.57 Å². The molecule has 0 amide bonds. The summed E-state index contributed by atoms with van der Waals surface area (Å²) in [5, 5.41) is 0. The highest BCUT2D eigenvalue weighted by atomic mass is 16.1. The Morgan fingerprint density at radius 2 is 1.94 bits per heavy atom. The Hall–Kier alpha value is -1.64. The number of nitrogens with zero attached hydrogens (tertiary/aromatic N) is 1. The van der Waals surface area contributed by atoms with Gasteiger partial charge in [0.25, 0.3) is 0 Å². The van der Waals surface area contributed by atoms with Crippen LogP contribution >= 0.6 is 0 Å². The second-order valence-electron chi connectivity index (χ2n) is 4.92. The summed E-state index contributed by atoms with van der Waals surface area (Å²) in [6, 6.07) is 0. The zero-order chi connectivity index (χ0) is 12.2. The lowest BCUT2D eigenvalue weighted by atomic mass is 9.93. The molecular formula is C14H15NO2. The lowest BCUT2D eigenvalue weighted by Crippen LogP contribution is -2.20. The van der Waals surface area contributed by atoms with Crippen LogP contribution in [0.3, 0.4) is 0 Å². The quantitative estimate of drug-likeness (QED) is 0.685. The van der Waals surface area contributed by atoms with Gasteiger partial charge in [0.15, 0.2) is 5.78 Å². The van der Waals surface area contributed by atoms with Crippen LogP contribution in [0.2, 0.25) is 0 Å². The van der Waals surface area contributed by atoms with Gasteiger partial charge >= 0.3 is 0 Å². The Morgan fingerprint density at radius 1 is 1.18 bits per heavy atom. The molecule has 2 heterocycles. The molecule has 3 nitrogen and oxygen atoms in total. The van der Waals surface area contributed by atoms with Crippen molar-refractivity contribution in [1.82, 2.24) is 4.57 Å². The zero-order valence-electron chi connectivity index (χ0n) is 10.2. The minimum atomic E-state index is -0.00324. The van der Waals surface area contributed by atoms with E-state index in [-0.39, 0.29) is 11.6 Å². The minimum absolute atomic E-state index is 0.00324. The van der Waals surface area contributed by atoms with E-state index in [4.69, 9.17) is 0 Å². The van der Waals surface area contributed by atoms with Crippen LogP contribution in [0.4, 0.5) is 0 Å². The molecule has 0 bridgehead atoms. The van der Waals surface area contributed by atoms with Gasteiger partial charge in [0, 0.05) is 17.8 Å². The second kappa shape index (κ2) is 3.42. The van der Waals surface area contributed by atoms with E-state index in [9.17, 15) is 9.59 Å². The van der Waals surface area contributed by atoms with E-state index in [1.165, 1.54) is 11.8 Å². The first-order valence-corrected chi connectivity index (χ1v) is 6.10. The topological polar surface area (TPSA) is 39.1 Å². The van der Waals surface area contributed by atoms with Crippen molar-refractivity contribution in [1.29, 1.82) is 0 Å². The maximum atomic E-state index is 12.2. The van der Waals surface area contributed by atoms with Crippen LogP contribution in [0, 0.1) is 6.92 Å². The summed E-state index contributed by atoms with van der Waals surface area (Å²) in [5.74, 6) is 0.0207. The standard InChI is InChI=1S/C14H15NO2/c1-8-7-11(16)12-9(2)10-5-3-4-6-15(10)13(12)14(8)17/h7H,3-6H2,1-2H3. The number of hydrogen-bond donors (Lipinski definition) is 0. The number of hydrogen-bond acceptors (Lipinski definition) is 2. The third-order valence-corrected chi connectivity index (χ3v) is 3.85. The summed E-state index contributed by atoms with van der Waals surface area (Å²) < 4.78 is 2.07. The molecule has 0 saturated heterocycles. The normalized spacial score (nSPS) is 18.8. The van der Waals surface area contributed by atoms with Crippen molar-refractivity contribution in [3.05, 3.63) is 34.2 Å². The van der Waals surface area contributed by atoms with Gasteiger partial charge in [0.1, 0.15) is 5.69 Å². The summed E-state index contributed by atoms with van der Waals surface area (Å²) in [6.07, 6.45) is 4.71. The van der Waals surface area contributed by atoms with E-state index in [0.29, 0.717) is 16.8 Å². The number of aromatic nitrogens is 1. The molecule has 0 atom stereocenters. The summed E-state index contributed by atoms with van der Waals surface area (Å²) in [7, 11) is 0. The molecule has 0 spiro atoms. The highest BCUT2D eigenvalue weighted by Crippen LogP contribution is 2.32. The Balaban J connectivity index is 2.32. The third-order valence-electron chi connectivity index (χ3n) is 3.85. The predicted octanol–water partition coefficient (Wildman–Crippen LogP) is 2.46. The van der Waals surface area contributed by atoms with Crippen LogP contribution < -0.4 is 0 Å². The molecule has 88 valence electrons. The Labute approximate surface area is 100 Å². The molecule has 0 saturated carbocycles. The number of Topliss-reactive ketones (excluding diaryl/α,β-unsaturated/α-hetero) is 1. The highest BCUT2D eigenvalue weighted by molar-refractivity contribution is 6.24. The molecule has 17 heavy (non-hydrogen) atoms. The highest BCUT2D eigenvalue weighted by Gasteiger charge is 2.32. The van der Waals surface area contributed by atoms with Gasteiger partial charge in [-0.25, -0.2) is 0 Å². The van der Waals surface area contributed by atoms with Crippen LogP contribution in [0.5, 0.6) is 0 Å². The third kappa shape index (κ3) is 1.28. The second-order valence-corrected chi connectivity index (χ2v) is 4.92. The van der Waals surface area contributed by atoms with E-state index < -0.39 is 0 Å². The molecule has 2 aliphatic rings. The van der Waals surface area contributed by atoms with E-state index in [1.807, 2.05) is 6.92 Å². The van der Waals surface area contributed by atoms with Crippen molar-refractivity contribution in [2.75, 3.05) is 0 Å². The van der Waals surface area contributed by atoms with Crippen LogP contribution in [0.15, 0.2) is 11.6 Å². The fourth-order valence-corrected chi connectivity index (χ4v) is 2.98. The molecule has 1 aliphatic heterocycles. The zero-order valence-corrected chi connectivity index (χ0v) is 10.2. The van der Waals surface area contributed by atoms with Gasteiger partial charge in [0.2, 0.25) is 5.78 Å². The lowest BCUT2D eigenvalue weighted by Gasteiger charge is -2.18. The number of fused-ring (bicyclic) bond motifs is 3. The first-order valence-electron chi connectivity index (χ1n) is 6.10. The molecular weight excluding hydrogens is 214 g/mol. The molecule has 0 radical (unpaired) electrons. The molecule has 0 aromatic carbocycles. The van der Waals surface area contributed by atoms with Gasteiger partial charge in [0.05, 0.1) is 5.56 Å². The van der Waals surface area contributed by atoms with Crippen molar-refractivity contribution in [3.8, 4) is 0 Å². The average molecular weight is 229 g/mol. The first-order chi connectivity index (χ1) is 8.11. The van der Waals surface area contributed by atoms with Crippen molar-refractivity contribution < 1.29 is 9.59 Å². The van der Waals surface area contributed by atoms with Crippen LogP contribution in [0.1, 0.15) is 51.9 Å². The van der Waals surface area contributed by atoms with E-state index >= 15 is 0 Å². The molecule has 0 N–H and O–H groups in total. The fraction of sp³-hybridized carbons (Fsp3) is 0.429. The van der Waals surface area contributed by atoms with Gasteiger partial charge in [-0.3, -0.25) is 9.59 Å². The number of ketones is 2. The van der Waals surface area contributed by atoms with Crippen LogP contribution in [-0.2, 0) is 13.0 Å². The van der Waals surface area contributed by atoms with Gasteiger partial charge in [-0.05, 0) is 44.7 Å². The summed E-state index contributed by atoms with van der Waals surface area (Å²) in [4.78, 5) is 24.2. The van der Waals surface area contributed by atoms with Crippen LogP contribution in [-0.4, -0.2) is 16.1 Å². The number of carbonyl (C=O) groups is 2. The monoisotopic (exact) mass is 229 g/mol. The first kappa shape index (κ1) is 10.5. The molecule has 0 unspecified atom stereocenters. The molecule has 1 aromatic rings. The minimum Gasteiger partial charge on any atom is -0.341 e. The van der Waals surface area contributed by atoms with Gasteiger partial charge in [-0.15, -0.1) is 0 Å². The smallest absolute Gasteiger partial charge is 0.205 e. The summed E-state index contributed by atoms with van der Waals surface area (Å²) in [6.45, 7) is 4.56. The number of allylic oxidation sites excluding steroid dienone is 2. The molecule has 1 aromatic heterocycles. The fourth-order valence-electron chi connectivity index (χ4n) is 2.98. The number of carbonyl (C=O) groups excluding carboxylic acids is 2. The maximum absolute atomic E-state index is 12.2. The van der Waals surface area contributed by atoms with Crippen molar-refractivity contribution in [2.45, 2.75) is 39.7 Å². The SMILES string of the molecule is CC1=CC(=O)c2c(C)c3n(c2C1=O)CCCC3. The van der Waals surface area contributed by atoms with E-state index in [0.717, 1.165) is 31.4 Å². The summed E-state index contributed by atoms with van der Waals surface area (Å²) in [5.41, 5.74) is 4.06. The molecule has 0 fully saturated rings. The maximum Gasteiger partial charge on any atom is 0.205 e. The Morgan fingerprint density at radius 3 is 2.71 bits per heavy atom. The van der Waals surface area contributed by atoms with E-state index in [2.05, 4.69) is 4.57 Å². The summed E-state index contributed by atoms with van der Waals surface area (Å²) >= 11 is 0. The largest absolute Gasteiger partial charge is 0.341 e.